The molecule has 4 heterocycles. The van der Waals surface area contributed by atoms with Crippen LogP contribution >= 0.6 is 0 Å². The number of rotatable bonds is 2. The smallest absolute Gasteiger partial charge is 0.186 e. The van der Waals surface area contributed by atoms with Gasteiger partial charge in [-0.2, -0.15) is 10.2 Å². The molecule has 102 valence electrons. The van der Waals surface area contributed by atoms with E-state index in [0.717, 1.165) is 36.4 Å². The molecule has 7 nitrogen and oxygen atoms in total. The summed E-state index contributed by atoms with van der Waals surface area (Å²) in [7, 11) is 1.90. The lowest BCUT2D eigenvalue weighted by atomic mass is 10.3. The lowest BCUT2D eigenvalue weighted by molar-refractivity contribution is 0.494. The van der Waals surface area contributed by atoms with Crippen LogP contribution in [0.3, 0.4) is 0 Å². The van der Waals surface area contributed by atoms with E-state index in [9.17, 15) is 0 Å². The molecule has 0 aliphatic carbocycles. The van der Waals surface area contributed by atoms with E-state index < -0.39 is 0 Å². The van der Waals surface area contributed by atoms with Crippen molar-refractivity contribution in [3.63, 3.8) is 0 Å². The Bertz CT molecular complexity index is 730. The van der Waals surface area contributed by atoms with Crippen molar-refractivity contribution >= 4 is 16.9 Å². The molecule has 3 aromatic heterocycles. The highest BCUT2D eigenvalue weighted by Crippen LogP contribution is 2.29. The summed E-state index contributed by atoms with van der Waals surface area (Å²) < 4.78 is 3.81. The van der Waals surface area contributed by atoms with Gasteiger partial charge in [0.25, 0.3) is 0 Å². The van der Waals surface area contributed by atoms with Gasteiger partial charge in [-0.1, -0.05) is 0 Å². The topological polar surface area (TPSA) is 64.7 Å². The zero-order chi connectivity index (χ0) is 13.5. The van der Waals surface area contributed by atoms with E-state index in [1.165, 1.54) is 0 Å². The van der Waals surface area contributed by atoms with E-state index in [0.29, 0.717) is 6.04 Å². The van der Waals surface area contributed by atoms with Gasteiger partial charge in [0.1, 0.15) is 12.1 Å². The van der Waals surface area contributed by atoms with Gasteiger partial charge < -0.3 is 4.90 Å². The molecule has 20 heavy (non-hydrogen) atoms. The molecular formula is C13H15N7. The predicted molar refractivity (Wildman–Crippen MR) is 74.4 cm³/mol. The van der Waals surface area contributed by atoms with Crippen molar-refractivity contribution in [1.29, 1.82) is 0 Å². The Hall–Kier alpha value is -2.44. The van der Waals surface area contributed by atoms with Crippen molar-refractivity contribution in [2.45, 2.75) is 12.5 Å². The number of hydrogen-bond acceptors (Lipinski definition) is 5. The summed E-state index contributed by atoms with van der Waals surface area (Å²) in [5.41, 5.74) is 0.750. The first-order valence-electron chi connectivity index (χ1n) is 6.70. The molecule has 1 unspecified atom stereocenters. The van der Waals surface area contributed by atoms with Crippen molar-refractivity contribution < 1.29 is 0 Å². The van der Waals surface area contributed by atoms with Crippen LogP contribution in [0.15, 0.2) is 31.0 Å². The highest BCUT2D eigenvalue weighted by atomic mass is 15.3. The van der Waals surface area contributed by atoms with Gasteiger partial charge in [-0.15, -0.1) is 0 Å². The summed E-state index contributed by atoms with van der Waals surface area (Å²) in [5.74, 6) is 0.970. The second-order valence-electron chi connectivity index (χ2n) is 5.11. The third-order valence-corrected chi connectivity index (χ3v) is 3.77. The van der Waals surface area contributed by atoms with Crippen molar-refractivity contribution in [1.82, 2.24) is 29.5 Å². The first kappa shape index (κ1) is 11.4. The first-order chi connectivity index (χ1) is 9.81. The molecule has 0 amide bonds. The van der Waals surface area contributed by atoms with Crippen LogP contribution in [-0.4, -0.2) is 42.6 Å². The zero-order valence-corrected chi connectivity index (χ0v) is 11.2. The Morgan fingerprint density at radius 1 is 1.30 bits per heavy atom. The minimum absolute atomic E-state index is 0.409. The van der Waals surface area contributed by atoms with Crippen LogP contribution in [0.1, 0.15) is 12.5 Å². The molecule has 0 aromatic carbocycles. The van der Waals surface area contributed by atoms with Crippen LogP contribution in [0, 0.1) is 0 Å². The maximum absolute atomic E-state index is 4.45. The SMILES string of the molecule is Cn1cc2c(N3CCC(n4cccn4)C3)ncnc2n1. The second kappa shape index (κ2) is 4.29. The Morgan fingerprint density at radius 3 is 3.10 bits per heavy atom. The van der Waals surface area contributed by atoms with Crippen molar-refractivity contribution in [2.24, 2.45) is 7.05 Å². The summed E-state index contributed by atoms with van der Waals surface area (Å²) >= 11 is 0. The first-order valence-corrected chi connectivity index (χ1v) is 6.70. The van der Waals surface area contributed by atoms with Crippen LogP contribution in [-0.2, 0) is 7.05 Å². The predicted octanol–water partition coefficient (Wildman–Crippen LogP) is 1.01. The van der Waals surface area contributed by atoms with Crippen molar-refractivity contribution in [3.05, 3.63) is 31.0 Å². The molecule has 0 saturated carbocycles. The third kappa shape index (κ3) is 1.74. The summed E-state index contributed by atoms with van der Waals surface area (Å²) in [6, 6.07) is 2.37. The average molecular weight is 269 g/mol. The monoisotopic (exact) mass is 269 g/mol. The Morgan fingerprint density at radius 2 is 2.25 bits per heavy atom. The third-order valence-electron chi connectivity index (χ3n) is 3.77. The largest absolute Gasteiger partial charge is 0.354 e. The highest BCUT2D eigenvalue weighted by Gasteiger charge is 2.26. The van der Waals surface area contributed by atoms with E-state index in [-0.39, 0.29) is 0 Å². The minimum atomic E-state index is 0.409. The van der Waals surface area contributed by atoms with Gasteiger partial charge in [0.05, 0.1) is 11.4 Å². The minimum Gasteiger partial charge on any atom is -0.354 e. The molecule has 1 saturated heterocycles. The van der Waals surface area contributed by atoms with Gasteiger partial charge in [0.15, 0.2) is 5.65 Å². The number of aryl methyl sites for hydroxylation is 1. The van der Waals surface area contributed by atoms with Crippen LogP contribution in [0.5, 0.6) is 0 Å². The number of hydrogen-bond donors (Lipinski definition) is 0. The van der Waals surface area contributed by atoms with Crippen LogP contribution in [0.25, 0.3) is 11.0 Å². The summed E-state index contributed by atoms with van der Waals surface area (Å²) in [4.78, 5) is 11.0. The van der Waals surface area contributed by atoms with Crippen molar-refractivity contribution in [2.75, 3.05) is 18.0 Å². The Kier molecular flexibility index (Phi) is 2.45. The van der Waals surface area contributed by atoms with Gasteiger partial charge in [-0.25, -0.2) is 9.97 Å². The normalized spacial score (nSPS) is 19.1. The van der Waals surface area contributed by atoms with Gasteiger partial charge in [0, 0.05) is 38.7 Å². The molecule has 1 atom stereocenters. The molecule has 7 heteroatoms. The van der Waals surface area contributed by atoms with Crippen LogP contribution < -0.4 is 4.90 Å². The van der Waals surface area contributed by atoms with Gasteiger partial charge in [-0.05, 0) is 12.5 Å². The number of aromatic nitrogens is 6. The van der Waals surface area contributed by atoms with E-state index in [2.05, 4.69) is 25.1 Å². The van der Waals surface area contributed by atoms with E-state index >= 15 is 0 Å². The van der Waals surface area contributed by atoms with Crippen molar-refractivity contribution in [3.8, 4) is 0 Å². The van der Waals surface area contributed by atoms with E-state index in [1.54, 1.807) is 11.0 Å². The number of nitrogens with zero attached hydrogens (tertiary/aromatic N) is 7. The molecule has 0 N–H and O–H groups in total. The quantitative estimate of drug-likeness (QED) is 0.694. The molecule has 3 aromatic rings. The van der Waals surface area contributed by atoms with Gasteiger partial charge in [0.2, 0.25) is 0 Å². The Balaban J connectivity index is 1.67. The fourth-order valence-electron chi connectivity index (χ4n) is 2.84. The summed E-state index contributed by atoms with van der Waals surface area (Å²) in [6.07, 6.45) is 8.49. The maximum Gasteiger partial charge on any atom is 0.186 e. The zero-order valence-electron chi connectivity index (χ0n) is 11.2. The number of fused-ring (bicyclic) bond motifs is 1. The van der Waals surface area contributed by atoms with Crippen LogP contribution in [0.4, 0.5) is 5.82 Å². The molecule has 0 bridgehead atoms. The fraction of sp³-hybridized carbons (Fsp3) is 0.385. The summed E-state index contributed by atoms with van der Waals surface area (Å²) in [5, 5.41) is 9.68. The lowest BCUT2D eigenvalue weighted by Crippen LogP contribution is -2.22. The molecule has 1 aliphatic rings. The molecular weight excluding hydrogens is 254 g/mol. The highest BCUT2D eigenvalue weighted by molar-refractivity contribution is 5.86. The lowest BCUT2D eigenvalue weighted by Gasteiger charge is -2.17. The molecule has 1 fully saturated rings. The molecule has 0 spiro atoms. The maximum atomic E-state index is 4.45. The summed E-state index contributed by atoms with van der Waals surface area (Å²) in [6.45, 7) is 1.90. The Labute approximate surface area is 115 Å². The fourth-order valence-corrected chi connectivity index (χ4v) is 2.84. The molecule has 0 radical (unpaired) electrons. The molecule has 4 rings (SSSR count). The van der Waals surface area contributed by atoms with Gasteiger partial charge >= 0.3 is 0 Å². The average Bonchev–Trinajstić information content (AvgIpc) is 3.17. The second-order valence-corrected chi connectivity index (χ2v) is 5.11. The van der Waals surface area contributed by atoms with E-state index in [1.807, 2.05) is 36.4 Å². The standard InChI is InChI=1S/C13H15N7/c1-18-8-11-12(17-18)14-9-15-13(11)19-6-3-10(7-19)20-5-2-4-16-20/h2,4-5,8-10H,3,6-7H2,1H3. The van der Waals surface area contributed by atoms with Gasteiger partial charge in [-0.3, -0.25) is 9.36 Å². The van der Waals surface area contributed by atoms with Crippen LogP contribution in [0.2, 0.25) is 0 Å². The number of anilines is 1. The molecule has 1 aliphatic heterocycles. The van der Waals surface area contributed by atoms with E-state index in [4.69, 9.17) is 0 Å².